The molecule has 3 N–H and O–H groups in total. The van der Waals surface area contributed by atoms with E-state index in [0.29, 0.717) is 23.7 Å². The van der Waals surface area contributed by atoms with E-state index in [1.54, 1.807) is 13.2 Å². The fourth-order valence-corrected chi connectivity index (χ4v) is 1.94. The highest BCUT2D eigenvalue weighted by molar-refractivity contribution is 7.18. The van der Waals surface area contributed by atoms with Crippen LogP contribution in [0.5, 0.6) is 0 Å². The molecule has 6 heteroatoms. The van der Waals surface area contributed by atoms with Gasteiger partial charge in [-0.2, -0.15) is 0 Å². The van der Waals surface area contributed by atoms with E-state index in [2.05, 4.69) is 10.1 Å². The summed E-state index contributed by atoms with van der Waals surface area (Å²) in [6.45, 7) is 1.28. The molecule has 0 saturated heterocycles. The number of nitrogen functional groups attached to an aromatic ring is 1. The quantitative estimate of drug-likeness (QED) is 0.587. The van der Waals surface area contributed by atoms with Crippen LogP contribution in [0, 0.1) is 0 Å². The first kappa shape index (κ1) is 11.8. The summed E-state index contributed by atoms with van der Waals surface area (Å²) in [5.74, 6) is -0.405. The van der Waals surface area contributed by atoms with Crippen molar-refractivity contribution in [2.75, 3.05) is 38.4 Å². The maximum absolute atomic E-state index is 11.2. The minimum atomic E-state index is -0.405. The Bertz CT molecular complexity index is 338. The summed E-state index contributed by atoms with van der Waals surface area (Å²) in [6.07, 6.45) is 0. The lowest BCUT2D eigenvalue weighted by atomic mass is 10.4. The monoisotopic (exact) mass is 230 g/mol. The Hall–Kier alpha value is -1.27. The van der Waals surface area contributed by atoms with E-state index >= 15 is 0 Å². The predicted molar refractivity (Wildman–Crippen MR) is 60.4 cm³/mol. The second-order valence-corrected chi connectivity index (χ2v) is 3.86. The van der Waals surface area contributed by atoms with Gasteiger partial charge in [0.25, 0.3) is 0 Å². The SMILES string of the molecule is COCCNc1cc(N)c(C(=O)OC)s1. The maximum Gasteiger partial charge on any atom is 0.350 e. The van der Waals surface area contributed by atoms with Crippen LogP contribution >= 0.6 is 11.3 Å². The number of nitrogens with one attached hydrogen (secondary N) is 1. The van der Waals surface area contributed by atoms with Crippen LogP contribution in [0.25, 0.3) is 0 Å². The number of carbonyl (C=O) groups is 1. The summed E-state index contributed by atoms with van der Waals surface area (Å²) >= 11 is 1.28. The van der Waals surface area contributed by atoms with Crippen LogP contribution in [0.15, 0.2) is 6.07 Å². The highest BCUT2D eigenvalue weighted by Gasteiger charge is 2.14. The maximum atomic E-state index is 11.2. The van der Waals surface area contributed by atoms with Gasteiger partial charge in [0.1, 0.15) is 4.88 Å². The lowest BCUT2D eigenvalue weighted by Crippen LogP contribution is -2.06. The molecule has 0 bridgehead atoms. The first-order valence-corrected chi connectivity index (χ1v) is 5.21. The molecule has 0 saturated carbocycles. The van der Waals surface area contributed by atoms with Crippen LogP contribution in [0.1, 0.15) is 9.67 Å². The van der Waals surface area contributed by atoms with Gasteiger partial charge in [-0.05, 0) is 6.07 Å². The van der Waals surface area contributed by atoms with Crippen molar-refractivity contribution in [3.63, 3.8) is 0 Å². The molecule has 0 radical (unpaired) electrons. The van der Waals surface area contributed by atoms with Gasteiger partial charge in [-0.3, -0.25) is 0 Å². The molecule has 0 fully saturated rings. The van der Waals surface area contributed by atoms with Crippen molar-refractivity contribution in [3.05, 3.63) is 10.9 Å². The first-order valence-electron chi connectivity index (χ1n) is 4.39. The van der Waals surface area contributed by atoms with Crippen LogP contribution in [-0.2, 0) is 9.47 Å². The summed E-state index contributed by atoms with van der Waals surface area (Å²) in [6, 6.07) is 1.71. The zero-order valence-corrected chi connectivity index (χ0v) is 9.52. The van der Waals surface area contributed by atoms with Crippen LogP contribution < -0.4 is 11.1 Å². The number of nitrogens with two attached hydrogens (primary N) is 1. The molecule has 0 spiro atoms. The van der Waals surface area contributed by atoms with Crippen molar-refractivity contribution in [2.45, 2.75) is 0 Å². The number of methoxy groups -OCH3 is 2. The van der Waals surface area contributed by atoms with Gasteiger partial charge in [0.15, 0.2) is 0 Å². The molecule has 15 heavy (non-hydrogen) atoms. The molecule has 1 aromatic heterocycles. The van der Waals surface area contributed by atoms with E-state index in [1.165, 1.54) is 18.4 Å². The minimum absolute atomic E-state index is 0.405. The average Bonchev–Trinajstić information content (AvgIpc) is 2.59. The number of anilines is 2. The summed E-state index contributed by atoms with van der Waals surface area (Å²) < 4.78 is 9.48. The smallest absolute Gasteiger partial charge is 0.350 e. The molecular formula is C9H14N2O3S. The zero-order valence-electron chi connectivity index (χ0n) is 8.70. The van der Waals surface area contributed by atoms with E-state index in [9.17, 15) is 4.79 Å². The molecule has 0 amide bonds. The third kappa shape index (κ3) is 3.10. The number of rotatable bonds is 5. The number of hydrogen-bond donors (Lipinski definition) is 2. The molecule has 84 valence electrons. The molecule has 0 aliphatic carbocycles. The number of ether oxygens (including phenoxy) is 2. The van der Waals surface area contributed by atoms with E-state index in [1.807, 2.05) is 0 Å². The normalized spacial score (nSPS) is 10.0. The molecule has 0 aliphatic heterocycles. The second-order valence-electron chi connectivity index (χ2n) is 2.81. The third-order valence-corrected chi connectivity index (χ3v) is 2.83. The van der Waals surface area contributed by atoms with Crippen LogP contribution in [0.3, 0.4) is 0 Å². The number of carbonyl (C=O) groups excluding carboxylic acids is 1. The second kappa shape index (κ2) is 5.57. The number of hydrogen-bond acceptors (Lipinski definition) is 6. The van der Waals surface area contributed by atoms with Gasteiger partial charge in [0, 0.05) is 13.7 Å². The molecule has 1 rings (SSSR count). The third-order valence-electron chi connectivity index (χ3n) is 1.74. The molecule has 0 aromatic carbocycles. The molecule has 0 unspecified atom stereocenters. The van der Waals surface area contributed by atoms with E-state index < -0.39 is 5.97 Å². The summed E-state index contributed by atoms with van der Waals surface area (Å²) in [5.41, 5.74) is 6.10. The average molecular weight is 230 g/mol. The molecule has 1 heterocycles. The van der Waals surface area contributed by atoms with Crippen molar-refractivity contribution < 1.29 is 14.3 Å². The van der Waals surface area contributed by atoms with Crippen molar-refractivity contribution in [3.8, 4) is 0 Å². The summed E-state index contributed by atoms with van der Waals surface area (Å²) in [4.78, 5) is 11.7. The first-order chi connectivity index (χ1) is 7.19. The molecule has 0 aliphatic rings. The van der Waals surface area contributed by atoms with Gasteiger partial charge in [0.05, 0.1) is 24.4 Å². The van der Waals surface area contributed by atoms with Crippen molar-refractivity contribution >= 4 is 28.0 Å². The lowest BCUT2D eigenvalue weighted by Gasteiger charge is -2.00. The zero-order chi connectivity index (χ0) is 11.3. The molecule has 1 aromatic rings. The van der Waals surface area contributed by atoms with Gasteiger partial charge in [0.2, 0.25) is 0 Å². The van der Waals surface area contributed by atoms with Crippen molar-refractivity contribution in [1.82, 2.24) is 0 Å². The molecule has 0 atom stereocenters. The van der Waals surface area contributed by atoms with Crippen LogP contribution in [-0.4, -0.2) is 33.3 Å². The van der Waals surface area contributed by atoms with Crippen LogP contribution in [0.2, 0.25) is 0 Å². The molecular weight excluding hydrogens is 216 g/mol. The Morgan fingerprint density at radius 3 is 2.93 bits per heavy atom. The Morgan fingerprint density at radius 1 is 1.60 bits per heavy atom. The molecule has 5 nitrogen and oxygen atoms in total. The fraction of sp³-hybridized carbons (Fsp3) is 0.444. The fourth-order valence-electron chi connectivity index (χ4n) is 1.02. The van der Waals surface area contributed by atoms with Crippen LogP contribution in [0.4, 0.5) is 10.7 Å². The predicted octanol–water partition coefficient (Wildman–Crippen LogP) is 1.18. The summed E-state index contributed by atoms with van der Waals surface area (Å²) in [7, 11) is 2.96. The van der Waals surface area contributed by atoms with E-state index in [4.69, 9.17) is 10.5 Å². The minimum Gasteiger partial charge on any atom is -0.465 e. The number of thiophene rings is 1. The standard InChI is InChI=1S/C9H14N2O3S/c1-13-4-3-11-7-5-6(10)8(15-7)9(12)14-2/h5,11H,3-4,10H2,1-2H3. The number of esters is 1. The van der Waals surface area contributed by atoms with Gasteiger partial charge in [-0.15, -0.1) is 11.3 Å². The van der Waals surface area contributed by atoms with E-state index in [0.717, 1.165) is 5.00 Å². The van der Waals surface area contributed by atoms with Crippen molar-refractivity contribution in [1.29, 1.82) is 0 Å². The van der Waals surface area contributed by atoms with Gasteiger partial charge < -0.3 is 20.5 Å². The van der Waals surface area contributed by atoms with E-state index in [-0.39, 0.29) is 0 Å². The topological polar surface area (TPSA) is 73.6 Å². The Kier molecular flexibility index (Phi) is 4.38. The van der Waals surface area contributed by atoms with Gasteiger partial charge in [-0.1, -0.05) is 0 Å². The highest BCUT2D eigenvalue weighted by atomic mass is 32.1. The van der Waals surface area contributed by atoms with Gasteiger partial charge in [-0.25, -0.2) is 4.79 Å². The Labute approximate surface area is 92.2 Å². The van der Waals surface area contributed by atoms with Gasteiger partial charge >= 0.3 is 5.97 Å². The largest absolute Gasteiger partial charge is 0.465 e. The Morgan fingerprint density at radius 2 is 2.33 bits per heavy atom. The highest BCUT2D eigenvalue weighted by Crippen LogP contribution is 2.29. The van der Waals surface area contributed by atoms with Crippen molar-refractivity contribution in [2.24, 2.45) is 0 Å². The summed E-state index contributed by atoms with van der Waals surface area (Å²) in [5, 5.41) is 3.93. The lowest BCUT2D eigenvalue weighted by molar-refractivity contribution is 0.0607. The Balaban J connectivity index is 2.64.